The number of aromatic nitrogens is 1. The predicted octanol–water partition coefficient (Wildman–Crippen LogP) is 3.04. The summed E-state index contributed by atoms with van der Waals surface area (Å²) in [7, 11) is 0. The van der Waals surface area contributed by atoms with Crippen LogP contribution in [0.2, 0.25) is 0 Å². The summed E-state index contributed by atoms with van der Waals surface area (Å²) in [6.45, 7) is 1.45. The predicted molar refractivity (Wildman–Crippen MR) is 116 cm³/mol. The monoisotopic (exact) mass is 417 g/mol. The molecule has 0 spiro atoms. The van der Waals surface area contributed by atoms with Gasteiger partial charge in [-0.3, -0.25) is 19.4 Å². The van der Waals surface area contributed by atoms with E-state index in [1.54, 1.807) is 17.0 Å². The third-order valence-electron chi connectivity index (χ3n) is 5.57. The van der Waals surface area contributed by atoms with Gasteiger partial charge in [-0.2, -0.15) is 0 Å². The topological polar surface area (TPSA) is 70.6 Å². The summed E-state index contributed by atoms with van der Waals surface area (Å²) in [4.78, 5) is 45.1. The fourth-order valence-corrected chi connectivity index (χ4v) is 4.73. The third-order valence-corrected chi connectivity index (χ3v) is 6.39. The molecular weight excluding hydrogens is 398 g/mol. The summed E-state index contributed by atoms with van der Waals surface area (Å²) in [5, 5.41) is 0.650. The van der Waals surface area contributed by atoms with Crippen molar-refractivity contribution in [3.8, 4) is 0 Å². The average molecular weight is 417 g/mol. The molecule has 0 N–H and O–H groups in total. The van der Waals surface area contributed by atoms with Crippen LogP contribution in [-0.2, 0) is 22.6 Å². The zero-order valence-corrected chi connectivity index (χ0v) is 17.0. The molecule has 2 amide bonds. The van der Waals surface area contributed by atoms with Crippen molar-refractivity contribution >= 4 is 45.3 Å². The van der Waals surface area contributed by atoms with Crippen LogP contribution in [0, 0.1) is 0 Å². The van der Waals surface area contributed by atoms with Crippen molar-refractivity contribution in [1.29, 1.82) is 0 Å². The van der Waals surface area contributed by atoms with E-state index in [9.17, 15) is 14.4 Å². The van der Waals surface area contributed by atoms with E-state index in [0.717, 1.165) is 33.9 Å². The van der Waals surface area contributed by atoms with Crippen LogP contribution in [0.5, 0.6) is 0 Å². The second kappa shape index (κ2) is 7.57. The summed E-state index contributed by atoms with van der Waals surface area (Å²) >= 11 is 1.05. The summed E-state index contributed by atoms with van der Waals surface area (Å²) in [6, 6.07) is 17.4. The molecule has 1 saturated heterocycles. The highest BCUT2D eigenvalue weighted by atomic mass is 32.2. The Morgan fingerprint density at radius 1 is 0.933 bits per heavy atom. The van der Waals surface area contributed by atoms with Gasteiger partial charge < -0.3 is 9.80 Å². The highest BCUT2D eigenvalue weighted by molar-refractivity contribution is 8.15. The lowest BCUT2D eigenvalue weighted by Crippen LogP contribution is -2.41. The van der Waals surface area contributed by atoms with Gasteiger partial charge in [0.25, 0.3) is 11.0 Å². The van der Waals surface area contributed by atoms with Crippen molar-refractivity contribution in [2.24, 2.45) is 0 Å². The molecule has 6 nitrogen and oxygen atoms in total. The maximum Gasteiger partial charge on any atom is 0.305 e. The number of nitrogens with zero attached hydrogens (tertiary/aromatic N) is 3. The number of benzene rings is 2. The third kappa shape index (κ3) is 3.25. The lowest BCUT2D eigenvalue weighted by molar-refractivity contribution is -0.131. The van der Waals surface area contributed by atoms with Gasteiger partial charge in [0.15, 0.2) is 0 Å². The largest absolute Gasteiger partial charge is 0.334 e. The first kappa shape index (κ1) is 18.8. The van der Waals surface area contributed by atoms with Gasteiger partial charge in [-0.05, 0) is 24.3 Å². The van der Waals surface area contributed by atoms with E-state index in [1.807, 2.05) is 42.5 Å². The molecule has 0 atom stereocenters. The second-order valence-electron chi connectivity index (χ2n) is 7.37. The summed E-state index contributed by atoms with van der Waals surface area (Å²) < 4.78 is 0. The van der Waals surface area contributed by atoms with E-state index in [2.05, 4.69) is 4.98 Å². The Balaban J connectivity index is 1.36. The molecule has 0 bridgehead atoms. The molecule has 2 aromatic carbocycles. The van der Waals surface area contributed by atoms with Gasteiger partial charge in [0.1, 0.15) is 0 Å². The first-order chi connectivity index (χ1) is 14.6. The van der Waals surface area contributed by atoms with Crippen LogP contribution < -0.4 is 4.90 Å². The molecule has 0 saturated carbocycles. The minimum atomic E-state index is -0.508. The Morgan fingerprint density at radius 2 is 1.80 bits per heavy atom. The van der Waals surface area contributed by atoms with Gasteiger partial charge in [0.2, 0.25) is 0 Å². The van der Waals surface area contributed by atoms with E-state index in [1.165, 1.54) is 4.90 Å². The van der Waals surface area contributed by atoms with Crippen LogP contribution in [0.25, 0.3) is 10.9 Å². The van der Waals surface area contributed by atoms with Gasteiger partial charge in [-0.15, -0.1) is 0 Å². The van der Waals surface area contributed by atoms with E-state index in [-0.39, 0.29) is 5.91 Å². The summed E-state index contributed by atoms with van der Waals surface area (Å²) in [6.07, 6.45) is 0.650. The first-order valence-electron chi connectivity index (χ1n) is 9.86. The molecule has 1 aromatic heterocycles. The molecule has 3 heterocycles. The highest BCUT2D eigenvalue weighted by Crippen LogP contribution is 2.33. The number of fused-ring (bicyclic) bond motifs is 2. The molecule has 7 heteroatoms. The molecular formula is C23H19N3O3S. The minimum Gasteiger partial charge on any atom is -0.334 e. The van der Waals surface area contributed by atoms with Crippen molar-refractivity contribution in [2.45, 2.75) is 13.0 Å². The molecule has 30 heavy (non-hydrogen) atoms. The Hall–Kier alpha value is -3.19. The Labute approximate surface area is 177 Å². The minimum absolute atomic E-state index is 0.0437. The quantitative estimate of drug-likeness (QED) is 0.611. The smallest absolute Gasteiger partial charge is 0.305 e. The molecule has 1 fully saturated rings. The summed E-state index contributed by atoms with van der Waals surface area (Å²) in [5.74, 6) is 0.0169. The maximum absolute atomic E-state index is 12.9. The average Bonchev–Trinajstić information content (AvgIpc) is 3.10. The van der Waals surface area contributed by atoms with Crippen LogP contribution in [0.1, 0.15) is 21.6 Å². The Bertz CT molecular complexity index is 1190. The molecule has 0 aliphatic carbocycles. The molecule has 0 radical (unpaired) electrons. The Kier molecular flexibility index (Phi) is 4.75. The molecule has 150 valence electrons. The van der Waals surface area contributed by atoms with Crippen molar-refractivity contribution in [2.75, 3.05) is 23.7 Å². The number of amides is 2. The fraction of sp³-hybridized carbons (Fsp3) is 0.217. The van der Waals surface area contributed by atoms with Crippen LogP contribution in [0.15, 0.2) is 54.6 Å². The normalized spacial score (nSPS) is 16.5. The van der Waals surface area contributed by atoms with Crippen LogP contribution in [0.4, 0.5) is 5.69 Å². The van der Waals surface area contributed by atoms with Gasteiger partial charge in [-0.25, -0.2) is 0 Å². The van der Waals surface area contributed by atoms with E-state index in [0.29, 0.717) is 43.1 Å². The van der Waals surface area contributed by atoms with Gasteiger partial charge in [0.05, 0.1) is 5.52 Å². The lowest BCUT2D eigenvalue weighted by atomic mass is 10.1. The number of para-hydroxylation sites is 1. The second-order valence-corrected chi connectivity index (χ2v) is 8.44. The van der Waals surface area contributed by atoms with Crippen molar-refractivity contribution in [3.05, 3.63) is 71.4 Å². The van der Waals surface area contributed by atoms with Crippen molar-refractivity contribution in [1.82, 2.24) is 9.88 Å². The standard InChI is InChI=1S/C23H19N3O3S/c27-21-17-5-3-7-20(26-12-13-30-23(29)22(26)28)18(17)14-25(21)11-10-16-9-8-15-4-1-2-6-19(15)24-16/h1-9H,10-14H2. The van der Waals surface area contributed by atoms with Crippen LogP contribution >= 0.6 is 11.8 Å². The highest BCUT2D eigenvalue weighted by Gasteiger charge is 2.34. The van der Waals surface area contributed by atoms with Crippen molar-refractivity contribution in [3.63, 3.8) is 0 Å². The lowest BCUT2D eigenvalue weighted by Gasteiger charge is -2.27. The molecule has 0 unspecified atom stereocenters. The van der Waals surface area contributed by atoms with E-state index in [4.69, 9.17) is 0 Å². The molecule has 3 aromatic rings. The molecule has 2 aliphatic heterocycles. The zero-order valence-electron chi connectivity index (χ0n) is 16.2. The van der Waals surface area contributed by atoms with Gasteiger partial charge >= 0.3 is 5.91 Å². The van der Waals surface area contributed by atoms with E-state index < -0.39 is 11.0 Å². The molecule has 5 rings (SSSR count). The number of thioether (sulfide) groups is 1. The fourth-order valence-electron chi connectivity index (χ4n) is 4.04. The zero-order chi connectivity index (χ0) is 20.7. The van der Waals surface area contributed by atoms with Gasteiger partial charge in [-0.1, -0.05) is 42.1 Å². The Morgan fingerprint density at radius 3 is 2.70 bits per heavy atom. The maximum atomic E-state index is 12.9. The van der Waals surface area contributed by atoms with Crippen LogP contribution in [0.3, 0.4) is 0 Å². The van der Waals surface area contributed by atoms with E-state index >= 15 is 0 Å². The van der Waals surface area contributed by atoms with Gasteiger partial charge in [0, 0.05) is 59.7 Å². The number of carbonyl (C=O) groups excluding carboxylic acids is 3. The number of pyridine rings is 1. The number of carbonyl (C=O) groups is 3. The van der Waals surface area contributed by atoms with Crippen LogP contribution in [-0.4, -0.2) is 45.7 Å². The van der Waals surface area contributed by atoms with Crippen molar-refractivity contribution < 1.29 is 14.4 Å². The number of anilines is 1. The summed E-state index contributed by atoms with van der Waals surface area (Å²) in [5.41, 5.74) is 3.98. The SMILES string of the molecule is O=C1SCCN(c2cccc3c2CN(CCc2ccc4ccccc4n2)C3=O)C1=O. The number of hydrogen-bond acceptors (Lipinski definition) is 5. The molecule has 2 aliphatic rings. The first-order valence-corrected chi connectivity index (χ1v) is 10.8. The number of rotatable bonds is 4. The number of hydrogen-bond donors (Lipinski definition) is 0.